The van der Waals surface area contributed by atoms with Gasteiger partial charge in [-0.1, -0.05) is 20.8 Å². The Bertz CT molecular complexity index is 149. The van der Waals surface area contributed by atoms with Crippen LogP contribution in [0, 0.1) is 5.41 Å². The monoisotopic (exact) mass is 173 g/mol. The van der Waals surface area contributed by atoms with Gasteiger partial charge in [0.15, 0.2) is 0 Å². The van der Waals surface area contributed by atoms with Crippen LogP contribution in [0.1, 0.15) is 27.2 Å². The topological polar surface area (TPSA) is 40.5 Å². The van der Waals surface area contributed by atoms with Crippen molar-refractivity contribution >= 4 is 5.91 Å². The van der Waals surface area contributed by atoms with Gasteiger partial charge in [0.2, 0.25) is 5.91 Å². The lowest BCUT2D eigenvalue weighted by molar-refractivity contribution is -0.133. The third-order valence-electron chi connectivity index (χ3n) is 1.76. The predicted molar refractivity (Wildman–Crippen MR) is 48.8 cm³/mol. The molecule has 0 fully saturated rings. The summed E-state index contributed by atoms with van der Waals surface area (Å²) in [5.41, 5.74) is 0.240. The van der Waals surface area contributed by atoms with Gasteiger partial charge in [-0.3, -0.25) is 4.79 Å². The van der Waals surface area contributed by atoms with Gasteiger partial charge in [-0.15, -0.1) is 0 Å². The lowest BCUT2D eigenvalue weighted by atomic mass is 9.92. The Morgan fingerprint density at radius 2 is 1.92 bits per heavy atom. The third kappa shape index (κ3) is 5.13. The van der Waals surface area contributed by atoms with Crippen LogP contribution in [0.5, 0.6) is 0 Å². The van der Waals surface area contributed by atoms with Crippen LogP contribution in [0.15, 0.2) is 0 Å². The van der Waals surface area contributed by atoms with Crippen molar-refractivity contribution in [1.29, 1.82) is 0 Å². The van der Waals surface area contributed by atoms with Crippen molar-refractivity contribution in [2.24, 2.45) is 5.41 Å². The van der Waals surface area contributed by atoms with Crippen LogP contribution in [0.4, 0.5) is 0 Å². The minimum Gasteiger partial charge on any atom is -0.387 e. The molecule has 0 saturated carbocycles. The molecule has 0 aromatic heterocycles. The lowest BCUT2D eigenvalue weighted by Crippen LogP contribution is -2.31. The summed E-state index contributed by atoms with van der Waals surface area (Å²) >= 11 is 0. The first kappa shape index (κ1) is 11.4. The largest absolute Gasteiger partial charge is 0.387 e. The molecule has 3 heteroatoms. The molecule has 0 aliphatic carbocycles. The number of nitrogens with zero attached hydrogens (tertiary/aromatic N) is 1. The molecule has 0 aliphatic heterocycles. The number of aliphatic hydroxyl groups excluding tert-OH is 1. The van der Waals surface area contributed by atoms with E-state index in [4.69, 9.17) is 5.11 Å². The van der Waals surface area contributed by atoms with E-state index in [1.165, 1.54) is 0 Å². The van der Waals surface area contributed by atoms with E-state index in [1.54, 1.807) is 11.9 Å². The van der Waals surface area contributed by atoms with Gasteiger partial charge in [0, 0.05) is 13.6 Å². The van der Waals surface area contributed by atoms with Crippen molar-refractivity contribution in [3.63, 3.8) is 0 Å². The number of amides is 1. The fraction of sp³-hybridized carbons (Fsp3) is 0.889. The first-order chi connectivity index (χ1) is 5.37. The van der Waals surface area contributed by atoms with E-state index in [1.807, 2.05) is 0 Å². The number of hydrogen-bond acceptors (Lipinski definition) is 2. The van der Waals surface area contributed by atoms with Crippen LogP contribution in [-0.2, 0) is 4.79 Å². The molecule has 0 aliphatic rings. The normalized spacial score (nSPS) is 11.4. The number of aliphatic hydroxyl groups is 1. The minimum absolute atomic E-state index is 0.209. The van der Waals surface area contributed by atoms with E-state index in [2.05, 4.69) is 20.8 Å². The van der Waals surface area contributed by atoms with Crippen molar-refractivity contribution in [2.75, 3.05) is 20.2 Å². The molecule has 0 spiro atoms. The molecule has 3 nitrogen and oxygen atoms in total. The molecule has 0 aromatic rings. The molecule has 1 amide bonds. The number of hydrogen-bond donors (Lipinski definition) is 1. The zero-order valence-electron chi connectivity index (χ0n) is 8.42. The summed E-state index contributed by atoms with van der Waals surface area (Å²) in [6, 6.07) is 0. The van der Waals surface area contributed by atoms with Crippen molar-refractivity contribution in [3.05, 3.63) is 0 Å². The molecule has 12 heavy (non-hydrogen) atoms. The standard InChI is InChI=1S/C9H19NO2/c1-9(2,3)5-6-10(4)8(12)7-11/h11H,5-7H2,1-4H3. The fourth-order valence-electron chi connectivity index (χ4n) is 0.749. The van der Waals surface area contributed by atoms with Gasteiger partial charge in [-0.25, -0.2) is 0 Å². The van der Waals surface area contributed by atoms with E-state index in [0.29, 0.717) is 6.54 Å². The van der Waals surface area contributed by atoms with Gasteiger partial charge in [0.05, 0.1) is 0 Å². The van der Waals surface area contributed by atoms with Gasteiger partial charge in [-0.2, -0.15) is 0 Å². The second kappa shape index (κ2) is 4.45. The maximum atomic E-state index is 10.9. The van der Waals surface area contributed by atoms with Crippen molar-refractivity contribution < 1.29 is 9.90 Å². The Hall–Kier alpha value is -0.570. The highest BCUT2D eigenvalue weighted by atomic mass is 16.3. The lowest BCUT2D eigenvalue weighted by Gasteiger charge is -2.23. The van der Waals surface area contributed by atoms with Gasteiger partial charge in [-0.05, 0) is 11.8 Å². The molecule has 0 saturated heterocycles. The Labute approximate surface area is 74.4 Å². The van der Waals surface area contributed by atoms with Crippen LogP contribution in [-0.4, -0.2) is 36.1 Å². The van der Waals surface area contributed by atoms with Crippen LogP contribution >= 0.6 is 0 Å². The zero-order valence-corrected chi connectivity index (χ0v) is 8.42. The SMILES string of the molecule is CN(CCC(C)(C)C)C(=O)CO. The Morgan fingerprint density at radius 1 is 1.42 bits per heavy atom. The van der Waals surface area contributed by atoms with E-state index >= 15 is 0 Å². The van der Waals surface area contributed by atoms with E-state index < -0.39 is 0 Å². The highest BCUT2D eigenvalue weighted by molar-refractivity contribution is 5.76. The van der Waals surface area contributed by atoms with Crippen LogP contribution in [0.25, 0.3) is 0 Å². The second-order valence-corrected chi connectivity index (χ2v) is 4.28. The average Bonchev–Trinajstić information content (AvgIpc) is 1.97. The molecule has 0 bridgehead atoms. The molecule has 0 rings (SSSR count). The summed E-state index contributed by atoms with van der Waals surface area (Å²) in [7, 11) is 1.71. The van der Waals surface area contributed by atoms with Gasteiger partial charge in [0.25, 0.3) is 0 Å². The highest BCUT2D eigenvalue weighted by Crippen LogP contribution is 2.18. The van der Waals surface area contributed by atoms with Gasteiger partial charge < -0.3 is 10.0 Å². The van der Waals surface area contributed by atoms with Crippen LogP contribution in [0.3, 0.4) is 0 Å². The molecule has 0 radical (unpaired) electrons. The summed E-state index contributed by atoms with van der Waals surface area (Å²) in [4.78, 5) is 12.5. The molecule has 1 N–H and O–H groups in total. The first-order valence-electron chi connectivity index (χ1n) is 4.21. The van der Waals surface area contributed by atoms with Gasteiger partial charge >= 0.3 is 0 Å². The summed E-state index contributed by atoms with van der Waals surface area (Å²) < 4.78 is 0. The van der Waals surface area contributed by atoms with Crippen molar-refractivity contribution in [3.8, 4) is 0 Å². The third-order valence-corrected chi connectivity index (χ3v) is 1.76. The molecule has 0 aromatic carbocycles. The second-order valence-electron chi connectivity index (χ2n) is 4.28. The molecular weight excluding hydrogens is 154 g/mol. The average molecular weight is 173 g/mol. The van der Waals surface area contributed by atoms with Gasteiger partial charge in [0.1, 0.15) is 6.61 Å². The molecular formula is C9H19NO2. The maximum Gasteiger partial charge on any atom is 0.248 e. The number of carbonyl (C=O) groups excluding carboxylic acids is 1. The molecule has 72 valence electrons. The Kier molecular flexibility index (Phi) is 4.24. The van der Waals surface area contributed by atoms with E-state index in [-0.39, 0.29) is 17.9 Å². The Balaban J connectivity index is 3.72. The fourth-order valence-corrected chi connectivity index (χ4v) is 0.749. The summed E-state index contributed by atoms with van der Waals surface area (Å²) in [5.74, 6) is -0.209. The van der Waals surface area contributed by atoms with E-state index in [0.717, 1.165) is 6.42 Å². The first-order valence-corrected chi connectivity index (χ1v) is 4.21. The van der Waals surface area contributed by atoms with Crippen molar-refractivity contribution in [1.82, 2.24) is 4.90 Å². The summed E-state index contributed by atoms with van der Waals surface area (Å²) in [5, 5.41) is 8.54. The molecule has 0 atom stereocenters. The number of carbonyl (C=O) groups is 1. The smallest absolute Gasteiger partial charge is 0.248 e. The van der Waals surface area contributed by atoms with Crippen LogP contribution < -0.4 is 0 Å². The predicted octanol–water partition coefficient (Wildman–Crippen LogP) is 0.873. The maximum absolute atomic E-state index is 10.9. The zero-order chi connectivity index (χ0) is 9.78. The molecule has 0 unspecified atom stereocenters. The highest BCUT2D eigenvalue weighted by Gasteiger charge is 2.13. The number of likely N-dealkylation sites (N-methyl/N-ethyl adjacent to an activating group) is 1. The van der Waals surface area contributed by atoms with Crippen molar-refractivity contribution in [2.45, 2.75) is 27.2 Å². The molecule has 0 heterocycles. The van der Waals surface area contributed by atoms with E-state index in [9.17, 15) is 4.79 Å². The summed E-state index contributed by atoms with van der Waals surface area (Å²) in [6.07, 6.45) is 0.954. The summed E-state index contributed by atoms with van der Waals surface area (Å²) in [6.45, 7) is 6.71. The Morgan fingerprint density at radius 3 is 2.25 bits per heavy atom. The minimum atomic E-state index is -0.388. The van der Waals surface area contributed by atoms with Crippen LogP contribution in [0.2, 0.25) is 0 Å². The number of rotatable bonds is 3. The quantitative estimate of drug-likeness (QED) is 0.688.